The van der Waals surface area contributed by atoms with Gasteiger partial charge in [-0.05, 0) is 44.5 Å². The van der Waals surface area contributed by atoms with Crippen molar-refractivity contribution in [1.82, 2.24) is 5.32 Å². The van der Waals surface area contributed by atoms with E-state index in [0.717, 1.165) is 18.5 Å². The molecule has 2 atom stereocenters. The molecule has 102 valence electrons. The quantitative estimate of drug-likeness (QED) is 0.822. The Balaban J connectivity index is 2.75. The van der Waals surface area contributed by atoms with Crippen molar-refractivity contribution in [2.75, 3.05) is 13.2 Å². The molecule has 1 N–H and O–H groups in total. The molecular formula is C14H21ClFNO. The predicted octanol–water partition coefficient (Wildman–Crippen LogP) is 3.42. The first-order valence-electron chi connectivity index (χ1n) is 6.37. The molecule has 2 unspecified atom stereocenters. The maximum Gasteiger partial charge on any atom is 0.124 e. The summed E-state index contributed by atoms with van der Waals surface area (Å²) in [5.74, 6) is -0.304. The Kier molecular flexibility index (Phi) is 6.61. The normalized spacial score (nSPS) is 14.5. The van der Waals surface area contributed by atoms with Crippen molar-refractivity contribution in [3.63, 3.8) is 0 Å². The number of halogens is 2. The van der Waals surface area contributed by atoms with E-state index in [-0.39, 0.29) is 18.0 Å². The van der Waals surface area contributed by atoms with Crippen LogP contribution in [-0.2, 0) is 11.2 Å². The second-order valence-electron chi connectivity index (χ2n) is 4.26. The largest absolute Gasteiger partial charge is 0.377 e. The molecule has 0 radical (unpaired) electrons. The summed E-state index contributed by atoms with van der Waals surface area (Å²) in [4.78, 5) is 0. The second-order valence-corrected chi connectivity index (χ2v) is 4.67. The lowest BCUT2D eigenvalue weighted by atomic mass is 10.0. The first kappa shape index (κ1) is 15.4. The third-order valence-corrected chi connectivity index (χ3v) is 3.27. The molecule has 18 heavy (non-hydrogen) atoms. The van der Waals surface area contributed by atoms with Crippen LogP contribution in [0.5, 0.6) is 0 Å². The van der Waals surface area contributed by atoms with Crippen LogP contribution in [0.15, 0.2) is 18.2 Å². The highest BCUT2D eigenvalue weighted by atomic mass is 35.5. The molecule has 0 saturated heterocycles. The lowest BCUT2D eigenvalue weighted by molar-refractivity contribution is 0.0480. The summed E-state index contributed by atoms with van der Waals surface area (Å²) >= 11 is 6.05. The smallest absolute Gasteiger partial charge is 0.124 e. The van der Waals surface area contributed by atoms with Crippen molar-refractivity contribution < 1.29 is 9.13 Å². The maximum atomic E-state index is 13.0. The van der Waals surface area contributed by atoms with E-state index in [0.29, 0.717) is 11.6 Å². The first-order chi connectivity index (χ1) is 8.58. The number of nitrogens with one attached hydrogen (secondary N) is 1. The summed E-state index contributed by atoms with van der Waals surface area (Å²) < 4.78 is 18.6. The highest BCUT2D eigenvalue weighted by molar-refractivity contribution is 6.31. The minimum absolute atomic E-state index is 0.0936. The number of likely N-dealkylation sites (N-methyl/N-ethyl adjacent to an activating group) is 1. The van der Waals surface area contributed by atoms with Gasteiger partial charge < -0.3 is 10.1 Å². The molecule has 0 bridgehead atoms. The number of hydrogen-bond donors (Lipinski definition) is 1. The summed E-state index contributed by atoms with van der Waals surface area (Å²) in [5.41, 5.74) is 0.940. The fourth-order valence-corrected chi connectivity index (χ4v) is 2.21. The molecule has 0 aliphatic carbocycles. The van der Waals surface area contributed by atoms with Gasteiger partial charge in [0.1, 0.15) is 5.82 Å². The third-order valence-electron chi connectivity index (χ3n) is 2.92. The van der Waals surface area contributed by atoms with Gasteiger partial charge in [0.25, 0.3) is 0 Å². The van der Waals surface area contributed by atoms with E-state index in [9.17, 15) is 4.39 Å². The van der Waals surface area contributed by atoms with Crippen LogP contribution in [0, 0.1) is 5.82 Å². The predicted molar refractivity (Wildman–Crippen MR) is 73.7 cm³/mol. The molecular weight excluding hydrogens is 253 g/mol. The van der Waals surface area contributed by atoms with Gasteiger partial charge in [0.2, 0.25) is 0 Å². The molecule has 4 heteroatoms. The summed E-state index contributed by atoms with van der Waals surface area (Å²) in [6.45, 7) is 7.61. The van der Waals surface area contributed by atoms with Crippen LogP contribution in [-0.4, -0.2) is 25.3 Å². The van der Waals surface area contributed by atoms with E-state index in [4.69, 9.17) is 16.3 Å². The topological polar surface area (TPSA) is 21.3 Å². The molecule has 0 heterocycles. The first-order valence-corrected chi connectivity index (χ1v) is 6.75. The highest BCUT2D eigenvalue weighted by Crippen LogP contribution is 2.20. The Hall–Kier alpha value is -0.640. The zero-order chi connectivity index (χ0) is 13.5. The molecule has 0 aliphatic heterocycles. The van der Waals surface area contributed by atoms with E-state index in [1.807, 2.05) is 13.8 Å². The Morgan fingerprint density at radius 3 is 2.67 bits per heavy atom. The minimum atomic E-state index is -0.304. The van der Waals surface area contributed by atoms with Crippen LogP contribution >= 0.6 is 11.6 Å². The molecule has 0 aliphatic rings. The van der Waals surface area contributed by atoms with Crippen molar-refractivity contribution >= 4 is 11.6 Å². The van der Waals surface area contributed by atoms with Crippen LogP contribution in [0.1, 0.15) is 26.3 Å². The van der Waals surface area contributed by atoms with Gasteiger partial charge in [0.05, 0.1) is 6.10 Å². The minimum Gasteiger partial charge on any atom is -0.377 e. The zero-order valence-electron chi connectivity index (χ0n) is 11.2. The molecule has 1 aromatic rings. The van der Waals surface area contributed by atoms with E-state index in [1.54, 1.807) is 6.07 Å². The van der Waals surface area contributed by atoms with Gasteiger partial charge in [0, 0.05) is 17.7 Å². The van der Waals surface area contributed by atoms with E-state index < -0.39 is 0 Å². The van der Waals surface area contributed by atoms with Crippen LogP contribution < -0.4 is 5.32 Å². The molecule has 0 amide bonds. The number of hydrogen-bond acceptors (Lipinski definition) is 2. The van der Waals surface area contributed by atoms with Crippen molar-refractivity contribution in [2.45, 2.75) is 39.3 Å². The summed E-state index contributed by atoms with van der Waals surface area (Å²) in [7, 11) is 0. The lowest BCUT2D eigenvalue weighted by Gasteiger charge is -2.25. The Bertz CT molecular complexity index is 373. The summed E-state index contributed by atoms with van der Waals surface area (Å²) in [6.07, 6.45) is 0.824. The van der Waals surface area contributed by atoms with Gasteiger partial charge in [-0.2, -0.15) is 0 Å². The van der Waals surface area contributed by atoms with Crippen LogP contribution in [0.3, 0.4) is 0 Å². The maximum absolute atomic E-state index is 13.0. The van der Waals surface area contributed by atoms with Crippen molar-refractivity contribution in [3.8, 4) is 0 Å². The highest BCUT2D eigenvalue weighted by Gasteiger charge is 2.18. The van der Waals surface area contributed by atoms with E-state index in [2.05, 4.69) is 12.2 Å². The molecule has 1 rings (SSSR count). The SMILES string of the molecule is CCNC(Cc1ccc(F)cc1Cl)C(C)OCC. The molecule has 0 fully saturated rings. The Morgan fingerprint density at radius 1 is 1.39 bits per heavy atom. The average molecular weight is 274 g/mol. The standard InChI is InChI=1S/C14H21ClFNO/c1-4-17-14(10(3)18-5-2)8-11-6-7-12(16)9-13(11)15/h6-7,9-10,14,17H,4-5,8H2,1-3H3. The average Bonchev–Trinajstić information content (AvgIpc) is 2.32. The van der Waals surface area contributed by atoms with Gasteiger partial charge in [0.15, 0.2) is 0 Å². The Morgan fingerprint density at radius 2 is 2.11 bits per heavy atom. The van der Waals surface area contributed by atoms with E-state index in [1.165, 1.54) is 12.1 Å². The van der Waals surface area contributed by atoms with Gasteiger partial charge in [-0.15, -0.1) is 0 Å². The van der Waals surface area contributed by atoms with Crippen molar-refractivity contribution in [3.05, 3.63) is 34.6 Å². The molecule has 0 spiro atoms. The fraction of sp³-hybridized carbons (Fsp3) is 0.571. The monoisotopic (exact) mass is 273 g/mol. The van der Waals surface area contributed by atoms with Gasteiger partial charge in [-0.1, -0.05) is 24.6 Å². The van der Waals surface area contributed by atoms with Gasteiger partial charge in [-0.3, -0.25) is 0 Å². The van der Waals surface area contributed by atoms with Gasteiger partial charge >= 0.3 is 0 Å². The number of rotatable bonds is 7. The third kappa shape index (κ3) is 4.56. The Labute approximate surface area is 113 Å². The second kappa shape index (κ2) is 7.72. The van der Waals surface area contributed by atoms with Crippen molar-refractivity contribution in [2.24, 2.45) is 0 Å². The van der Waals surface area contributed by atoms with Crippen LogP contribution in [0.2, 0.25) is 5.02 Å². The number of benzene rings is 1. The summed E-state index contributed by atoms with van der Waals surface area (Å²) in [6, 6.07) is 4.71. The summed E-state index contributed by atoms with van der Waals surface area (Å²) in [5, 5.41) is 3.85. The lowest BCUT2D eigenvalue weighted by Crippen LogP contribution is -2.41. The van der Waals surface area contributed by atoms with Crippen LogP contribution in [0.4, 0.5) is 4.39 Å². The van der Waals surface area contributed by atoms with E-state index >= 15 is 0 Å². The molecule has 1 aromatic carbocycles. The number of ether oxygens (including phenoxy) is 1. The zero-order valence-corrected chi connectivity index (χ0v) is 11.9. The molecule has 2 nitrogen and oxygen atoms in total. The van der Waals surface area contributed by atoms with Gasteiger partial charge in [-0.25, -0.2) is 4.39 Å². The van der Waals surface area contributed by atoms with Crippen molar-refractivity contribution in [1.29, 1.82) is 0 Å². The molecule has 0 aromatic heterocycles. The fourth-order valence-electron chi connectivity index (χ4n) is 1.97. The van der Waals surface area contributed by atoms with Crippen LogP contribution in [0.25, 0.3) is 0 Å². The molecule has 0 saturated carbocycles.